The first-order valence-corrected chi connectivity index (χ1v) is 3.52. The van der Waals surface area contributed by atoms with Crippen LogP contribution in [0.25, 0.3) is 0 Å². The van der Waals surface area contributed by atoms with Gasteiger partial charge in [-0.2, -0.15) is 0 Å². The van der Waals surface area contributed by atoms with E-state index < -0.39 is 6.67 Å². The molecule has 0 fully saturated rings. The molecule has 0 aliphatic carbocycles. The lowest BCUT2D eigenvalue weighted by atomic mass is 10.3. The first-order valence-electron chi connectivity index (χ1n) is 3.52. The molecule has 1 aromatic rings. The van der Waals surface area contributed by atoms with E-state index in [9.17, 15) is 4.39 Å². The zero-order valence-electron chi connectivity index (χ0n) is 6.69. The Kier molecular flexibility index (Phi) is 2.24. The number of aryl methyl sites for hydroxylation is 1. The summed E-state index contributed by atoms with van der Waals surface area (Å²) in [6.07, 6.45) is 0. The average Bonchev–Trinajstić information content (AvgIpc) is 2.31. The maximum absolute atomic E-state index is 12.1. The van der Waals surface area contributed by atoms with Crippen LogP contribution in [0.5, 0.6) is 0 Å². The van der Waals surface area contributed by atoms with Crippen LogP contribution in [0.15, 0.2) is 0 Å². The number of nitrogens with one attached hydrogen (secondary N) is 1. The fourth-order valence-corrected chi connectivity index (χ4v) is 0.867. The van der Waals surface area contributed by atoms with Crippen molar-refractivity contribution in [2.75, 3.05) is 0 Å². The summed E-state index contributed by atoms with van der Waals surface area (Å²) in [4.78, 5) is 6.89. The van der Waals surface area contributed by atoms with Crippen LogP contribution < -0.4 is 5.73 Å². The third-order valence-electron chi connectivity index (χ3n) is 1.56. The molecule has 0 aliphatic rings. The molecule has 3 N–H and O–H groups in total. The van der Waals surface area contributed by atoms with Crippen molar-refractivity contribution in [1.82, 2.24) is 9.97 Å². The zero-order valence-corrected chi connectivity index (χ0v) is 6.69. The third kappa shape index (κ3) is 1.57. The van der Waals surface area contributed by atoms with E-state index in [-0.39, 0.29) is 6.04 Å². The lowest BCUT2D eigenvalue weighted by Crippen LogP contribution is -2.06. The number of H-pyrrole nitrogens is 1. The summed E-state index contributed by atoms with van der Waals surface area (Å²) >= 11 is 0. The molecular weight excluding hydrogens is 145 g/mol. The molecule has 0 spiro atoms. The van der Waals surface area contributed by atoms with Crippen molar-refractivity contribution in [3.8, 4) is 0 Å². The van der Waals surface area contributed by atoms with Crippen LogP contribution >= 0.6 is 0 Å². The van der Waals surface area contributed by atoms with Crippen molar-refractivity contribution < 1.29 is 4.39 Å². The number of aromatic amines is 1. The van der Waals surface area contributed by atoms with Crippen LogP contribution in [-0.4, -0.2) is 9.97 Å². The fourth-order valence-electron chi connectivity index (χ4n) is 0.867. The monoisotopic (exact) mass is 157 g/mol. The number of hydrogen-bond donors (Lipinski definition) is 2. The summed E-state index contributed by atoms with van der Waals surface area (Å²) in [5.74, 6) is 0.648. The second kappa shape index (κ2) is 3.00. The van der Waals surface area contributed by atoms with Crippen molar-refractivity contribution in [3.05, 3.63) is 17.2 Å². The van der Waals surface area contributed by atoms with Gasteiger partial charge in [-0.25, -0.2) is 9.37 Å². The van der Waals surface area contributed by atoms with Gasteiger partial charge in [-0.15, -0.1) is 0 Å². The molecule has 11 heavy (non-hydrogen) atoms. The summed E-state index contributed by atoms with van der Waals surface area (Å²) in [6, 6.07) is -0.158. The molecule has 0 aromatic carbocycles. The number of rotatable bonds is 2. The van der Waals surface area contributed by atoms with E-state index in [0.717, 1.165) is 5.69 Å². The van der Waals surface area contributed by atoms with Crippen molar-refractivity contribution in [2.45, 2.75) is 26.6 Å². The molecule has 1 unspecified atom stereocenters. The number of halogens is 1. The molecule has 4 heteroatoms. The van der Waals surface area contributed by atoms with E-state index in [4.69, 9.17) is 5.73 Å². The SMILES string of the molecule is Cc1[nH]c(C(C)N)nc1CF. The van der Waals surface area contributed by atoms with Crippen LogP contribution in [0.2, 0.25) is 0 Å². The van der Waals surface area contributed by atoms with Crippen LogP contribution in [0.4, 0.5) is 4.39 Å². The number of aromatic nitrogens is 2. The maximum Gasteiger partial charge on any atom is 0.133 e. The van der Waals surface area contributed by atoms with Crippen LogP contribution in [0, 0.1) is 6.92 Å². The van der Waals surface area contributed by atoms with Gasteiger partial charge < -0.3 is 10.7 Å². The number of alkyl halides is 1. The molecule has 62 valence electrons. The van der Waals surface area contributed by atoms with Gasteiger partial charge in [0, 0.05) is 5.69 Å². The number of nitrogens with zero attached hydrogens (tertiary/aromatic N) is 1. The van der Waals surface area contributed by atoms with Gasteiger partial charge in [-0.05, 0) is 13.8 Å². The third-order valence-corrected chi connectivity index (χ3v) is 1.56. The first kappa shape index (κ1) is 8.20. The quantitative estimate of drug-likeness (QED) is 0.677. The van der Waals surface area contributed by atoms with Gasteiger partial charge >= 0.3 is 0 Å². The minimum Gasteiger partial charge on any atom is -0.344 e. The fraction of sp³-hybridized carbons (Fsp3) is 0.571. The molecule has 0 saturated heterocycles. The van der Waals surface area contributed by atoms with Gasteiger partial charge in [-0.1, -0.05) is 0 Å². The smallest absolute Gasteiger partial charge is 0.133 e. The molecular formula is C7H12FN3. The molecule has 0 amide bonds. The normalized spacial score (nSPS) is 13.5. The van der Waals surface area contributed by atoms with Gasteiger partial charge in [0.2, 0.25) is 0 Å². The molecule has 0 aliphatic heterocycles. The summed E-state index contributed by atoms with van der Waals surface area (Å²) < 4.78 is 12.1. The number of imidazole rings is 1. The van der Waals surface area contributed by atoms with E-state index >= 15 is 0 Å². The molecule has 0 radical (unpaired) electrons. The van der Waals surface area contributed by atoms with Crippen molar-refractivity contribution >= 4 is 0 Å². The Hall–Kier alpha value is -0.900. The van der Waals surface area contributed by atoms with Crippen molar-refractivity contribution in [3.63, 3.8) is 0 Å². The second-order valence-electron chi connectivity index (χ2n) is 2.62. The predicted octanol–water partition coefficient (Wildman–Crippen LogP) is 1.21. The average molecular weight is 157 g/mol. The summed E-state index contributed by atoms with van der Waals surface area (Å²) in [7, 11) is 0. The Labute approximate surface area is 64.8 Å². The van der Waals surface area contributed by atoms with E-state index in [1.807, 2.05) is 0 Å². The highest BCUT2D eigenvalue weighted by molar-refractivity contribution is 5.13. The minimum absolute atomic E-state index is 0.158. The molecule has 1 atom stereocenters. The van der Waals surface area contributed by atoms with Crippen LogP contribution in [0.3, 0.4) is 0 Å². The highest BCUT2D eigenvalue weighted by Gasteiger charge is 2.08. The van der Waals surface area contributed by atoms with Crippen LogP contribution in [-0.2, 0) is 6.67 Å². The van der Waals surface area contributed by atoms with Crippen molar-refractivity contribution in [2.24, 2.45) is 5.73 Å². The molecule has 3 nitrogen and oxygen atoms in total. The van der Waals surface area contributed by atoms with E-state index in [1.54, 1.807) is 13.8 Å². The lowest BCUT2D eigenvalue weighted by molar-refractivity contribution is 0.475. The Balaban J connectivity index is 2.95. The maximum atomic E-state index is 12.1. The Morgan fingerprint density at radius 3 is 2.64 bits per heavy atom. The lowest BCUT2D eigenvalue weighted by Gasteiger charge is -1.96. The van der Waals surface area contributed by atoms with Gasteiger partial charge in [0.1, 0.15) is 12.5 Å². The van der Waals surface area contributed by atoms with Gasteiger partial charge in [0.15, 0.2) is 0 Å². The number of hydrogen-bond acceptors (Lipinski definition) is 2. The molecule has 0 saturated carbocycles. The van der Waals surface area contributed by atoms with E-state index in [2.05, 4.69) is 9.97 Å². The zero-order chi connectivity index (χ0) is 8.43. The number of nitrogens with two attached hydrogens (primary N) is 1. The Morgan fingerprint density at radius 1 is 1.73 bits per heavy atom. The largest absolute Gasteiger partial charge is 0.344 e. The molecule has 1 aromatic heterocycles. The predicted molar refractivity (Wildman–Crippen MR) is 40.7 cm³/mol. The summed E-state index contributed by atoms with van der Waals surface area (Å²) in [5.41, 5.74) is 6.75. The minimum atomic E-state index is -0.533. The topological polar surface area (TPSA) is 54.7 Å². The summed E-state index contributed by atoms with van der Waals surface area (Å²) in [5, 5.41) is 0. The Bertz CT molecular complexity index is 242. The highest BCUT2D eigenvalue weighted by atomic mass is 19.1. The summed E-state index contributed by atoms with van der Waals surface area (Å²) in [6.45, 7) is 3.06. The Morgan fingerprint density at radius 2 is 2.36 bits per heavy atom. The second-order valence-corrected chi connectivity index (χ2v) is 2.62. The molecule has 1 heterocycles. The van der Waals surface area contributed by atoms with Crippen molar-refractivity contribution in [1.29, 1.82) is 0 Å². The highest BCUT2D eigenvalue weighted by Crippen LogP contribution is 2.10. The van der Waals surface area contributed by atoms with E-state index in [0.29, 0.717) is 11.5 Å². The standard InChI is InChI=1S/C7H12FN3/c1-4(9)7-10-5(2)6(3-8)11-7/h4H,3,9H2,1-2H3,(H,10,11). The first-order chi connectivity index (χ1) is 5.15. The van der Waals surface area contributed by atoms with Gasteiger partial charge in [0.05, 0.1) is 11.7 Å². The van der Waals surface area contributed by atoms with Gasteiger partial charge in [-0.3, -0.25) is 0 Å². The van der Waals surface area contributed by atoms with Crippen LogP contribution in [0.1, 0.15) is 30.2 Å². The van der Waals surface area contributed by atoms with E-state index in [1.165, 1.54) is 0 Å². The molecule has 1 rings (SSSR count). The van der Waals surface area contributed by atoms with Gasteiger partial charge in [0.25, 0.3) is 0 Å². The molecule has 0 bridgehead atoms.